The number of carbonyl (C=O) groups excluding carboxylic acids is 1. The van der Waals surface area contributed by atoms with Gasteiger partial charge in [-0.3, -0.25) is 9.69 Å². The maximum atomic E-state index is 12.7. The Morgan fingerprint density at radius 1 is 1.40 bits per heavy atom. The van der Waals surface area contributed by atoms with Gasteiger partial charge in [0.2, 0.25) is 5.91 Å². The number of amidine groups is 1. The fourth-order valence-electron chi connectivity index (χ4n) is 3.49. The lowest BCUT2D eigenvalue weighted by molar-refractivity contribution is -0.134. The third-order valence-corrected chi connectivity index (χ3v) is 4.81. The lowest BCUT2D eigenvalue weighted by Crippen LogP contribution is -2.45. The van der Waals surface area contributed by atoms with Crippen LogP contribution in [-0.2, 0) is 4.79 Å². The number of fused-ring (bicyclic) bond motifs is 2. The largest absolute Gasteiger partial charge is 0.409 e. The molecular weight excluding hydrogens is 256 g/mol. The zero-order chi connectivity index (χ0) is 14.7. The topological polar surface area (TPSA) is 82.2 Å². The zero-order valence-corrected chi connectivity index (χ0v) is 12.5. The van der Waals surface area contributed by atoms with Crippen LogP contribution in [0.15, 0.2) is 5.16 Å². The standard InChI is InChI=1S/C14H26N4O2/c1-3-4-12(13(15)16-20)14(19)18-8-7-10-5-6-11(9-18)17(10)2/h10-12,20H,3-9H2,1-2H3,(H2,15,16). The number of oxime groups is 1. The summed E-state index contributed by atoms with van der Waals surface area (Å²) in [6.07, 6.45) is 4.89. The molecule has 2 saturated heterocycles. The summed E-state index contributed by atoms with van der Waals surface area (Å²) < 4.78 is 0. The molecule has 3 N–H and O–H groups in total. The van der Waals surface area contributed by atoms with E-state index in [1.807, 2.05) is 11.8 Å². The van der Waals surface area contributed by atoms with Gasteiger partial charge in [-0.1, -0.05) is 18.5 Å². The van der Waals surface area contributed by atoms with Crippen LogP contribution in [0.1, 0.15) is 39.0 Å². The maximum Gasteiger partial charge on any atom is 0.233 e. The van der Waals surface area contributed by atoms with Gasteiger partial charge in [0, 0.05) is 25.2 Å². The Morgan fingerprint density at radius 2 is 2.10 bits per heavy atom. The molecule has 0 aliphatic carbocycles. The zero-order valence-electron chi connectivity index (χ0n) is 12.5. The van der Waals surface area contributed by atoms with Crippen molar-refractivity contribution in [2.24, 2.45) is 16.8 Å². The molecule has 0 radical (unpaired) electrons. The number of hydrogen-bond donors (Lipinski definition) is 2. The van der Waals surface area contributed by atoms with Crippen LogP contribution in [0.3, 0.4) is 0 Å². The van der Waals surface area contributed by atoms with Crippen LogP contribution in [0, 0.1) is 5.92 Å². The molecule has 2 rings (SSSR count). The van der Waals surface area contributed by atoms with Crippen molar-refractivity contribution in [1.29, 1.82) is 0 Å². The van der Waals surface area contributed by atoms with Gasteiger partial charge in [-0.2, -0.15) is 0 Å². The van der Waals surface area contributed by atoms with Crippen molar-refractivity contribution in [3.05, 3.63) is 0 Å². The van der Waals surface area contributed by atoms with Crippen molar-refractivity contribution >= 4 is 11.7 Å². The van der Waals surface area contributed by atoms with E-state index in [2.05, 4.69) is 17.1 Å². The average Bonchev–Trinajstić information content (AvgIpc) is 2.68. The number of likely N-dealkylation sites (N-methyl/N-ethyl adjacent to an activating group) is 1. The normalized spacial score (nSPS) is 29.3. The SMILES string of the molecule is CCCC(C(=O)N1CCC2CCC(C1)N2C)C(N)=NO. The summed E-state index contributed by atoms with van der Waals surface area (Å²) in [6.45, 7) is 3.55. The lowest BCUT2D eigenvalue weighted by atomic mass is 9.99. The van der Waals surface area contributed by atoms with E-state index >= 15 is 0 Å². The first kappa shape index (κ1) is 15.1. The quantitative estimate of drug-likeness (QED) is 0.346. The van der Waals surface area contributed by atoms with Crippen molar-refractivity contribution in [3.63, 3.8) is 0 Å². The van der Waals surface area contributed by atoms with Crippen LogP contribution >= 0.6 is 0 Å². The lowest BCUT2D eigenvalue weighted by Gasteiger charge is -2.28. The van der Waals surface area contributed by atoms with E-state index in [4.69, 9.17) is 10.9 Å². The van der Waals surface area contributed by atoms with Gasteiger partial charge in [-0.05, 0) is 32.7 Å². The number of hydrogen-bond acceptors (Lipinski definition) is 4. The van der Waals surface area contributed by atoms with Gasteiger partial charge in [0.25, 0.3) is 0 Å². The summed E-state index contributed by atoms with van der Waals surface area (Å²) >= 11 is 0. The first-order valence-corrected chi connectivity index (χ1v) is 7.56. The van der Waals surface area contributed by atoms with Gasteiger partial charge in [0.1, 0.15) is 0 Å². The van der Waals surface area contributed by atoms with Crippen LogP contribution in [0.4, 0.5) is 0 Å². The van der Waals surface area contributed by atoms with E-state index in [0.29, 0.717) is 18.5 Å². The van der Waals surface area contributed by atoms with E-state index in [9.17, 15) is 4.79 Å². The Morgan fingerprint density at radius 3 is 2.75 bits per heavy atom. The molecule has 6 heteroatoms. The molecule has 114 valence electrons. The summed E-state index contributed by atoms with van der Waals surface area (Å²) in [7, 11) is 2.16. The molecule has 0 aromatic rings. The van der Waals surface area contributed by atoms with Crippen LogP contribution in [0.2, 0.25) is 0 Å². The fourth-order valence-corrected chi connectivity index (χ4v) is 3.49. The Balaban J connectivity index is 2.07. The maximum absolute atomic E-state index is 12.7. The molecule has 1 amide bonds. The van der Waals surface area contributed by atoms with Crippen LogP contribution in [-0.4, -0.2) is 59.0 Å². The van der Waals surface area contributed by atoms with Crippen LogP contribution in [0.25, 0.3) is 0 Å². The number of nitrogens with two attached hydrogens (primary N) is 1. The first-order valence-electron chi connectivity index (χ1n) is 7.56. The Hall–Kier alpha value is -1.30. The van der Waals surface area contributed by atoms with E-state index in [1.54, 1.807) is 0 Å². The van der Waals surface area contributed by atoms with E-state index in [1.165, 1.54) is 6.42 Å². The molecule has 2 aliphatic rings. The Kier molecular flexibility index (Phi) is 4.86. The predicted molar refractivity (Wildman–Crippen MR) is 77.6 cm³/mol. The summed E-state index contributed by atoms with van der Waals surface area (Å²) in [4.78, 5) is 17.0. The molecule has 2 aliphatic heterocycles. The second-order valence-electron chi connectivity index (χ2n) is 5.99. The number of amides is 1. The molecule has 0 saturated carbocycles. The van der Waals surface area contributed by atoms with Crippen molar-refractivity contribution in [1.82, 2.24) is 9.80 Å². The second-order valence-corrected chi connectivity index (χ2v) is 5.99. The molecule has 6 nitrogen and oxygen atoms in total. The number of carbonyl (C=O) groups is 1. The third-order valence-electron chi connectivity index (χ3n) is 4.81. The monoisotopic (exact) mass is 282 g/mol. The Labute approximate surface area is 120 Å². The molecule has 0 aromatic heterocycles. The van der Waals surface area contributed by atoms with Gasteiger partial charge in [-0.25, -0.2) is 0 Å². The third kappa shape index (κ3) is 2.90. The van der Waals surface area contributed by atoms with Crippen molar-refractivity contribution < 1.29 is 10.0 Å². The highest BCUT2D eigenvalue weighted by Crippen LogP contribution is 2.29. The molecule has 3 atom stereocenters. The van der Waals surface area contributed by atoms with Crippen LogP contribution in [0.5, 0.6) is 0 Å². The number of nitrogens with zero attached hydrogens (tertiary/aromatic N) is 3. The highest BCUT2D eigenvalue weighted by atomic mass is 16.4. The highest BCUT2D eigenvalue weighted by molar-refractivity contribution is 6.02. The minimum Gasteiger partial charge on any atom is -0.409 e. The van der Waals surface area contributed by atoms with E-state index < -0.39 is 5.92 Å². The summed E-state index contributed by atoms with van der Waals surface area (Å²) in [5.41, 5.74) is 5.70. The van der Waals surface area contributed by atoms with Crippen molar-refractivity contribution in [3.8, 4) is 0 Å². The molecule has 20 heavy (non-hydrogen) atoms. The molecule has 0 aromatic carbocycles. The van der Waals surface area contributed by atoms with Gasteiger partial charge < -0.3 is 15.8 Å². The summed E-state index contributed by atoms with van der Waals surface area (Å²) in [6, 6.07) is 1.06. The summed E-state index contributed by atoms with van der Waals surface area (Å²) in [5.74, 6) is -0.422. The van der Waals surface area contributed by atoms with Gasteiger partial charge in [0.05, 0.1) is 5.92 Å². The van der Waals surface area contributed by atoms with Crippen LogP contribution < -0.4 is 5.73 Å². The molecule has 3 unspecified atom stereocenters. The second kappa shape index (κ2) is 6.43. The molecule has 2 heterocycles. The minimum absolute atomic E-state index is 0.0168. The Bertz CT molecular complexity index is 385. The van der Waals surface area contributed by atoms with Crippen molar-refractivity contribution in [2.75, 3.05) is 20.1 Å². The fraction of sp³-hybridized carbons (Fsp3) is 0.857. The molecule has 0 spiro atoms. The van der Waals surface area contributed by atoms with E-state index in [0.717, 1.165) is 32.4 Å². The van der Waals surface area contributed by atoms with Gasteiger partial charge in [0.15, 0.2) is 5.84 Å². The number of rotatable bonds is 4. The molecular formula is C14H26N4O2. The van der Waals surface area contributed by atoms with Gasteiger partial charge in [-0.15, -0.1) is 0 Å². The average molecular weight is 282 g/mol. The highest BCUT2D eigenvalue weighted by Gasteiger charge is 2.37. The first-order chi connectivity index (χ1) is 9.58. The molecule has 2 fully saturated rings. The minimum atomic E-state index is -0.480. The van der Waals surface area contributed by atoms with E-state index in [-0.39, 0.29) is 11.7 Å². The predicted octanol–water partition coefficient (Wildman–Crippen LogP) is 0.844. The van der Waals surface area contributed by atoms with Gasteiger partial charge >= 0.3 is 0 Å². The molecule has 2 bridgehead atoms. The number of likely N-dealkylation sites (tertiary alicyclic amines) is 1. The smallest absolute Gasteiger partial charge is 0.233 e. The summed E-state index contributed by atoms with van der Waals surface area (Å²) in [5, 5.41) is 11.9. The van der Waals surface area contributed by atoms with Crippen molar-refractivity contribution in [2.45, 2.75) is 51.1 Å².